The number of hydrogen-bond donors (Lipinski definition) is 0. The Hall–Kier alpha value is -2.14. The molecule has 0 unspecified atom stereocenters. The number of nitrogens with zero attached hydrogens (tertiary/aromatic N) is 2. The Labute approximate surface area is 95.2 Å². The first-order valence-electron chi connectivity index (χ1n) is 5.15. The zero-order valence-corrected chi connectivity index (χ0v) is 9.36. The van der Waals surface area contributed by atoms with Crippen molar-refractivity contribution < 1.29 is 0 Å². The lowest BCUT2D eigenvalue weighted by atomic mass is 10.00. The van der Waals surface area contributed by atoms with Gasteiger partial charge in [-0.15, -0.1) is 0 Å². The summed E-state index contributed by atoms with van der Waals surface area (Å²) in [6.45, 7) is 4.10. The number of aromatic nitrogens is 1. The molecule has 1 aromatic heterocycles. The maximum absolute atomic E-state index is 9.04. The summed E-state index contributed by atoms with van der Waals surface area (Å²) in [7, 11) is 0. The van der Waals surface area contributed by atoms with Gasteiger partial charge < -0.3 is 0 Å². The molecule has 2 aromatic rings. The van der Waals surface area contributed by atoms with Crippen LogP contribution in [0.4, 0.5) is 0 Å². The maximum atomic E-state index is 9.04. The predicted octanol–water partition coefficient (Wildman–Crippen LogP) is 3.24. The first kappa shape index (κ1) is 10.4. The van der Waals surface area contributed by atoms with Gasteiger partial charge in [-0.1, -0.05) is 23.8 Å². The highest BCUT2D eigenvalue weighted by Crippen LogP contribution is 2.24. The van der Waals surface area contributed by atoms with E-state index in [4.69, 9.17) is 5.26 Å². The molecule has 1 heterocycles. The third-order valence-electron chi connectivity index (χ3n) is 2.57. The highest BCUT2D eigenvalue weighted by molar-refractivity contribution is 5.69. The number of aryl methyl sites for hydroxylation is 2. The Balaban J connectivity index is 2.64. The fraction of sp³-hybridized carbons (Fsp3) is 0.143. The minimum atomic E-state index is 0.620. The van der Waals surface area contributed by atoms with Gasteiger partial charge in [0, 0.05) is 11.8 Å². The molecule has 0 aliphatic rings. The largest absolute Gasteiger partial charge is 0.255 e. The molecule has 0 saturated heterocycles. The van der Waals surface area contributed by atoms with Gasteiger partial charge in [0.15, 0.2) is 0 Å². The highest BCUT2D eigenvalue weighted by atomic mass is 14.7. The fourth-order valence-corrected chi connectivity index (χ4v) is 1.79. The molecule has 0 bridgehead atoms. The number of pyridine rings is 1. The Bertz CT molecular complexity index is 565. The van der Waals surface area contributed by atoms with E-state index in [0.29, 0.717) is 5.56 Å². The van der Waals surface area contributed by atoms with Crippen LogP contribution in [0, 0.1) is 25.2 Å². The minimum absolute atomic E-state index is 0.620. The van der Waals surface area contributed by atoms with Gasteiger partial charge in [0.05, 0.1) is 11.3 Å². The predicted molar refractivity (Wildman–Crippen MR) is 63.9 cm³/mol. The second kappa shape index (κ2) is 4.16. The highest BCUT2D eigenvalue weighted by Gasteiger charge is 2.07. The van der Waals surface area contributed by atoms with Crippen molar-refractivity contribution in [2.45, 2.75) is 13.8 Å². The van der Waals surface area contributed by atoms with Crippen LogP contribution in [0.15, 0.2) is 36.5 Å². The van der Waals surface area contributed by atoms with Crippen LogP contribution in [-0.2, 0) is 0 Å². The summed E-state index contributed by atoms with van der Waals surface area (Å²) in [5.74, 6) is 0. The van der Waals surface area contributed by atoms with Crippen molar-refractivity contribution in [1.82, 2.24) is 4.98 Å². The van der Waals surface area contributed by atoms with E-state index in [-0.39, 0.29) is 0 Å². The molecule has 2 heteroatoms. The summed E-state index contributed by atoms with van der Waals surface area (Å²) in [5, 5.41) is 9.04. The van der Waals surface area contributed by atoms with Crippen LogP contribution in [0.2, 0.25) is 0 Å². The van der Waals surface area contributed by atoms with Crippen molar-refractivity contribution >= 4 is 0 Å². The van der Waals surface area contributed by atoms with Crippen molar-refractivity contribution in [3.63, 3.8) is 0 Å². The summed E-state index contributed by atoms with van der Waals surface area (Å²) in [5.41, 5.74) is 4.78. The summed E-state index contributed by atoms with van der Waals surface area (Å²) in [6, 6.07) is 11.9. The summed E-state index contributed by atoms with van der Waals surface area (Å²) >= 11 is 0. The monoisotopic (exact) mass is 208 g/mol. The Kier molecular flexibility index (Phi) is 2.70. The lowest BCUT2D eigenvalue weighted by molar-refractivity contribution is 1.27. The smallest absolute Gasteiger partial charge is 0.101 e. The summed E-state index contributed by atoms with van der Waals surface area (Å²) < 4.78 is 0. The molecule has 78 valence electrons. The Morgan fingerprint density at radius 1 is 1.19 bits per heavy atom. The molecular formula is C14H12N2. The van der Waals surface area contributed by atoms with Crippen molar-refractivity contribution in [3.05, 3.63) is 53.2 Å². The molecule has 0 spiro atoms. The molecule has 0 saturated carbocycles. The van der Waals surface area contributed by atoms with Crippen LogP contribution < -0.4 is 0 Å². The number of benzene rings is 1. The zero-order chi connectivity index (χ0) is 11.5. The van der Waals surface area contributed by atoms with Gasteiger partial charge in [-0.25, -0.2) is 0 Å². The molecular weight excluding hydrogens is 196 g/mol. The van der Waals surface area contributed by atoms with Crippen molar-refractivity contribution in [2.24, 2.45) is 0 Å². The molecule has 0 amide bonds. The normalized spacial score (nSPS) is 9.81. The molecule has 1 aromatic carbocycles. The van der Waals surface area contributed by atoms with Crippen LogP contribution in [0.5, 0.6) is 0 Å². The van der Waals surface area contributed by atoms with E-state index in [1.807, 2.05) is 19.1 Å². The molecule has 0 aliphatic heterocycles. The SMILES string of the molecule is Cc1ccc(-c2ncccc2C#N)c(C)c1. The number of hydrogen-bond acceptors (Lipinski definition) is 2. The lowest BCUT2D eigenvalue weighted by Gasteiger charge is -2.07. The molecule has 0 atom stereocenters. The molecule has 0 aliphatic carbocycles. The van der Waals surface area contributed by atoms with Crippen LogP contribution >= 0.6 is 0 Å². The van der Waals surface area contributed by atoms with Crippen molar-refractivity contribution in [3.8, 4) is 17.3 Å². The quantitative estimate of drug-likeness (QED) is 0.721. The van der Waals surface area contributed by atoms with E-state index in [2.05, 4.69) is 24.0 Å². The van der Waals surface area contributed by atoms with Gasteiger partial charge >= 0.3 is 0 Å². The van der Waals surface area contributed by atoms with Crippen LogP contribution in [0.3, 0.4) is 0 Å². The van der Waals surface area contributed by atoms with Crippen molar-refractivity contribution in [2.75, 3.05) is 0 Å². The van der Waals surface area contributed by atoms with E-state index in [0.717, 1.165) is 16.8 Å². The second-order valence-corrected chi connectivity index (χ2v) is 3.83. The van der Waals surface area contributed by atoms with Gasteiger partial charge in [-0.2, -0.15) is 5.26 Å². The van der Waals surface area contributed by atoms with Crippen LogP contribution in [0.1, 0.15) is 16.7 Å². The first-order valence-corrected chi connectivity index (χ1v) is 5.15. The standard InChI is InChI=1S/C14H12N2/c1-10-5-6-13(11(2)8-10)14-12(9-15)4-3-7-16-14/h3-8H,1-2H3. The third-order valence-corrected chi connectivity index (χ3v) is 2.57. The summed E-state index contributed by atoms with van der Waals surface area (Å²) in [4.78, 5) is 4.29. The Morgan fingerprint density at radius 2 is 2.00 bits per heavy atom. The zero-order valence-electron chi connectivity index (χ0n) is 9.36. The molecule has 0 radical (unpaired) electrons. The third kappa shape index (κ3) is 1.80. The average molecular weight is 208 g/mol. The molecule has 2 rings (SSSR count). The van der Waals surface area contributed by atoms with Gasteiger partial charge in [0.25, 0.3) is 0 Å². The van der Waals surface area contributed by atoms with Gasteiger partial charge in [0.1, 0.15) is 6.07 Å². The minimum Gasteiger partial charge on any atom is -0.255 e. The molecule has 16 heavy (non-hydrogen) atoms. The van der Waals surface area contributed by atoms with Crippen LogP contribution in [0.25, 0.3) is 11.3 Å². The topological polar surface area (TPSA) is 36.7 Å². The Morgan fingerprint density at radius 3 is 2.69 bits per heavy atom. The molecule has 0 fully saturated rings. The van der Waals surface area contributed by atoms with E-state index < -0.39 is 0 Å². The van der Waals surface area contributed by atoms with E-state index in [9.17, 15) is 0 Å². The van der Waals surface area contributed by atoms with E-state index in [1.165, 1.54) is 5.56 Å². The molecule has 0 N–H and O–H groups in total. The fourth-order valence-electron chi connectivity index (χ4n) is 1.79. The van der Waals surface area contributed by atoms with Gasteiger partial charge in [0.2, 0.25) is 0 Å². The van der Waals surface area contributed by atoms with Crippen LogP contribution in [-0.4, -0.2) is 4.98 Å². The maximum Gasteiger partial charge on any atom is 0.101 e. The lowest BCUT2D eigenvalue weighted by Crippen LogP contribution is -1.91. The summed E-state index contributed by atoms with van der Waals surface area (Å²) in [6.07, 6.45) is 1.72. The average Bonchev–Trinajstić information content (AvgIpc) is 2.29. The number of rotatable bonds is 1. The van der Waals surface area contributed by atoms with E-state index >= 15 is 0 Å². The van der Waals surface area contributed by atoms with Crippen molar-refractivity contribution in [1.29, 1.82) is 5.26 Å². The van der Waals surface area contributed by atoms with E-state index in [1.54, 1.807) is 18.3 Å². The van der Waals surface area contributed by atoms with Gasteiger partial charge in [-0.05, 0) is 31.5 Å². The molecule has 2 nitrogen and oxygen atoms in total. The second-order valence-electron chi connectivity index (χ2n) is 3.83. The number of nitriles is 1. The van der Waals surface area contributed by atoms with Gasteiger partial charge in [-0.3, -0.25) is 4.98 Å². The first-order chi connectivity index (χ1) is 7.72.